The Bertz CT molecular complexity index is 336. The predicted molar refractivity (Wildman–Crippen MR) is 73.2 cm³/mol. The van der Waals surface area contributed by atoms with E-state index in [1.54, 1.807) is 11.8 Å². The average Bonchev–Trinajstić information content (AvgIpc) is 3.10. The molecule has 0 aromatic heterocycles. The summed E-state index contributed by atoms with van der Waals surface area (Å²) < 4.78 is 10.9. The average molecular weight is 284 g/mol. The summed E-state index contributed by atoms with van der Waals surface area (Å²) in [6, 6.07) is 0. The van der Waals surface area contributed by atoms with Crippen LogP contribution in [0.2, 0.25) is 0 Å². The van der Waals surface area contributed by atoms with Crippen LogP contribution in [0.15, 0.2) is 0 Å². The van der Waals surface area contributed by atoms with E-state index in [4.69, 9.17) is 9.47 Å². The summed E-state index contributed by atoms with van der Waals surface area (Å²) in [6.45, 7) is 4.60. The molecule has 2 amide bonds. The molecule has 0 aromatic rings. The molecular weight excluding hydrogens is 260 g/mol. The third kappa shape index (κ3) is 4.45. The first-order chi connectivity index (χ1) is 9.66. The van der Waals surface area contributed by atoms with Crippen molar-refractivity contribution >= 4 is 11.8 Å². The van der Waals surface area contributed by atoms with Crippen LogP contribution in [0.25, 0.3) is 0 Å². The van der Waals surface area contributed by atoms with Gasteiger partial charge in [0, 0.05) is 39.8 Å². The Kier molecular flexibility index (Phi) is 5.79. The number of nitrogens with zero attached hydrogens (tertiary/aromatic N) is 1. The van der Waals surface area contributed by atoms with Crippen molar-refractivity contribution in [2.24, 2.45) is 0 Å². The fourth-order valence-corrected chi connectivity index (χ4v) is 2.62. The normalized spacial score (nSPS) is 25.6. The van der Waals surface area contributed by atoms with E-state index in [0.29, 0.717) is 26.2 Å². The van der Waals surface area contributed by atoms with Crippen LogP contribution in [0, 0.1) is 0 Å². The Morgan fingerprint density at radius 3 is 2.55 bits per heavy atom. The van der Waals surface area contributed by atoms with E-state index in [9.17, 15) is 9.59 Å². The molecule has 2 unspecified atom stereocenters. The highest BCUT2D eigenvalue weighted by molar-refractivity contribution is 5.81. The smallest absolute Gasteiger partial charge is 0.249 e. The molecule has 6 heteroatoms. The zero-order valence-electron chi connectivity index (χ0n) is 12.1. The molecule has 114 valence electrons. The van der Waals surface area contributed by atoms with Crippen LogP contribution in [0.5, 0.6) is 0 Å². The standard InChI is InChI=1S/C14H24N2O4/c1-11(17)16(10-12-4-2-8-19-12)7-6-15-14(18)13-5-3-9-20-13/h12-13H,2-10H2,1H3,(H,15,18). The van der Waals surface area contributed by atoms with Gasteiger partial charge in [-0.1, -0.05) is 0 Å². The summed E-state index contributed by atoms with van der Waals surface area (Å²) in [4.78, 5) is 25.1. The molecule has 0 bridgehead atoms. The van der Waals surface area contributed by atoms with Gasteiger partial charge in [-0.15, -0.1) is 0 Å². The number of hydrogen-bond donors (Lipinski definition) is 1. The first-order valence-electron chi connectivity index (χ1n) is 7.43. The minimum absolute atomic E-state index is 0.0202. The molecule has 2 rings (SSSR count). The predicted octanol–water partition coefficient (Wildman–Crippen LogP) is 0.309. The molecule has 1 N–H and O–H groups in total. The lowest BCUT2D eigenvalue weighted by atomic mass is 10.2. The van der Waals surface area contributed by atoms with Crippen molar-refractivity contribution in [3.8, 4) is 0 Å². The number of nitrogens with one attached hydrogen (secondary N) is 1. The zero-order chi connectivity index (χ0) is 14.4. The van der Waals surface area contributed by atoms with Gasteiger partial charge in [-0.3, -0.25) is 9.59 Å². The number of carbonyl (C=O) groups is 2. The van der Waals surface area contributed by atoms with Crippen LogP contribution >= 0.6 is 0 Å². The molecule has 2 aliphatic heterocycles. The molecule has 0 radical (unpaired) electrons. The number of carbonyl (C=O) groups excluding carboxylic acids is 2. The second kappa shape index (κ2) is 7.59. The monoisotopic (exact) mass is 284 g/mol. The summed E-state index contributed by atoms with van der Waals surface area (Å²) in [5, 5.41) is 2.84. The second-order valence-corrected chi connectivity index (χ2v) is 5.39. The largest absolute Gasteiger partial charge is 0.376 e. The Labute approximate surface area is 119 Å². The molecule has 6 nitrogen and oxygen atoms in total. The maximum atomic E-state index is 11.8. The lowest BCUT2D eigenvalue weighted by Crippen LogP contribution is -2.43. The number of hydrogen-bond acceptors (Lipinski definition) is 4. The highest BCUT2D eigenvalue weighted by Crippen LogP contribution is 2.13. The summed E-state index contributed by atoms with van der Waals surface area (Å²) in [6.07, 6.45) is 3.64. The Hall–Kier alpha value is -1.14. The Morgan fingerprint density at radius 1 is 1.20 bits per heavy atom. The highest BCUT2D eigenvalue weighted by Gasteiger charge is 2.24. The molecule has 2 aliphatic rings. The van der Waals surface area contributed by atoms with Crippen LogP contribution in [-0.2, 0) is 19.1 Å². The van der Waals surface area contributed by atoms with Crippen LogP contribution < -0.4 is 5.32 Å². The van der Waals surface area contributed by atoms with Gasteiger partial charge in [0.25, 0.3) is 0 Å². The fraction of sp³-hybridized carbons (Fsp3) is 0.857. The second-order valence-electron chi connectivity index (χ2n) is 5.39. The topological polar surface area (TPSA) is 67.9 Å². The highest BCUT2D eigenvalue weighted by atomic mass is 16.5. The maximum Gasteiger partial charge on any atom is 0.249 e. The number of amides is 2. The lowest BCUT2D eigenvalue weighted by molar-refractivity contribution is -0.132. The van der Waals surface area contributed by atoms with Crippen molar-refractivity contribution in [1.29, 1.82) is 0 Å². The van der Waals surface area contributed by atoms with Gasteiger partial charge in [-0.05, 0) is 25.7 Å². The summed E-state index contributed by atoms with van der Waals surface area (Å²) >= 11 is 0. The van der Waals surface area contributed by atoms with Gasteiger partial charge in [0.05, 0.1) is 6.10 Å². The van der Waals surface area contributed by atoms with Crippen molar-refractivity contribution in [1.82, 2.24) is 10.2 Å². The summed E-state index contributed by atoms with van der Waals surface area (Å²) in [5.41, 5.74) is 0. The number of ether oxygens (including phenoxy) is 2. The molecule has 2 fully saturated rings. The van der Waals surface area contributed by atoms with E-state index in [-0.39, 0.29) is 24.0 Å². The van der Waals surface area contributed by atoms with Crippen LogP contribution in [0.3, 0.4) is 0 Å². The van der Waals surface area contributed by atoms with Gasteiger partial charge >= 0.3 is 0 Å². The quantitative estimate of drug-likeness (QED) is 0.762. The molecular formula is C14H24N2O4. The minimum atomic E-state index is -0.307. The summed E-state index contributed by atoms with van der Waals surface area (Å²) in [5.74, 6) is -0.0463. The van der Waals surface area contributed by atoms with Crippen molar-refractivity contribution in [2.75, 3.05) is 32.8 Å². The minimum Gasteiger partial charge on any atom is -0.376 e. The molecule has 2 heterocycles. The fourth-order valence-electron chi connectivity index (χ4n) is 2.62. The van der Waals surface area contributed by atoms with Gasteiger partial charge in [-0.2, -0.15) is 0 Å². The van der Waals surface area contributed by atoms with E-state index in [0.717, 1.165) is 32.3 Å². The molecule has 2 saturated heterocycles. The number of rotatable bonds is 6. The van der Waals surface area contributed by atoms with Crippen molar-refractivity contribution < 1.29 is 19.1 Å². The molecule has 20 heavy (non-hydrogen) atoms. The van der Waals surface area contributed by atoms with Crippen molar-refractivity contribution in [2.45, 2.75) is 44.8 Å². The van der Waals surface area contributed by atoms with E-state index < -0.39 is 0 Å². The Morgan fingerprint density at radius 2 is 1.95 bits per heavy atom. The van der Waals surface area contributed by atoms with Crippen LogP contribution in [0.4, 0.5) is 0 Å². The SMILES string of the molecule is CC(=O)N(CCNC(=O)C1CCCO1)CC1CCCO1. The third-order valence-electron chi connectivity index (χ3n) is 3.80. The van der Waals surface area contributed by atoms with E-state index in [2.05, 4.69) is 5.32 Å². The molecule has 0 aromatic carbocycles. The Balaban J connectivity index is 1.68. The lowest BCUT2D eigenvalue weighted by Gasteiger charge is -2.24. The van der Waals surface area contributed by atoms with E-state index in [1.165, 1.54) is 0 Å². The van der Waals surface area contributed by atoms with Gasteiger partial charge in [0.2, 0.25) is 11.8 Å². The van der Waals surface area contributed by atoms with Gasteiger partial charge in [-0.25, -0.2) is 0 Å². The zero-order valence-corrected chi connectivity index (χ0v) is 12.1. The van der Waals surface area contributed by atoms with Gasteiger partial charge < -0.3 is 19.7 Å². The first kappa shape index (κ1) is 15.3. The maximum absolute atomic E-state index is 11.8. The van der Waals surface area contributed by atoms with Crippen molar-refractivity contribution in [3.63, 3.8) is 0 Å². The van der Waals surface area contributed by atoms with Gasteiger partial charge in [0.15, 0.2) is 0 Å². The van der Waals surface area contributed by atoms with E-state index in [1.807, 2.05) is 0 Å². The molecule has 2 atom stereocenters. The van der Waals surface area contributed by atoms with Crippen LogP contribution in [-0.4, -0.2) is 61.8 Å². The molecule has 0 aliphatic carbocycles. The summed E-state index contributed by atoms with van der Waals surface area (Å²) in [7, 11) is 0. The van der Waals surface area contributed by atoms with Gasteiger partial charge in [0.1, 0.15) is 6.10 Å². The molecule has 0 saturated carbocycles. The van der Waals surface area contributed by atoms with Crippen molar-refractivity contribution in [3.05, 3.63) is 0 Å². The van der Waals surface area contributed by atoms with Crippen LogP contribution in [0.1, 0.15) is 32.6 Å². The van der Waals surface area contributed by atoms with E-state index >= 15 is 0 Å². The third-order valence-corrected chi connectivity index (χ3v) is 3.80. The first-order valence-corrected chi connectivity index (χ1v) is 7.43. The molecule has 0 spiro atoms.